The number of amides is 1. The summed E-state index contributed by atoms with van der Waals surface area (Å²) in [6.45, 7) is 1.71. The Balaban J connectivity index is 1.92. The van der Waals surface area contributed by atoms with E-state index >= 15 is 0 Å². The van der Waals surface area contributed by atoms with Crippen LogP contribution in [0, 0.1) is 0 Å². The second-order valence-corrected chi connectivity index (χ2v) is 5.40. The van der Waals surface area contributed by atoms with E-state index in [1.54, 1.807) is 0 Å². The maximum atomic E-state index is 12.6. The predicted molar refractivity (Wildman–Crippen MR) is 73.0 cm³/mol. The minimum atomic E-state index is -4.47. The molecule has 1 fully saturated rings. The van der Waals surface area contributed by atoms with Gasteiger partial charge in [0.25, 0.3) is 0 Å². The van der Waals surface area contributed by atoms with Gasteiger partial charge in [0.1, 0.15) is 6.10 Å². The van der Waals surface area contributed by atoms with E-state index in [2.05, 4.69) is 5.32 Å². The number of carbonyl (C=O) groups excluding carboxylic acids is 1. The molecular formula is C15H18F3NO3. The van der Waals surface area contributed by atoms with Crippen LogP contribution in [0.3, 0.4) is 0 Å². The van der Waals surface area contributed by atoms with Gasteiger partial charge < -0.3 is 15.2 Å². The Labute approximate surface area is 126 Å². The summed E-state index contributed by atoms with van der Waals surface area (Å²) in [6, 6.07) is 4.43. The Kier molecular flexibility index (Phi) is 5.08. The Morgan fingerprint density at radius 1 is 1.45 bits per heavy atom. The number of aliphatic hydroxyl groups excluding tert-OH is 1. The number of ether oxygens (including phenoxy) is 1. The summed E-state index contributed by atoms with van der Waals surface area (Å²) in [5.74, 6) is -0.352. The number of rotatable bonds is 4. The van der Waals surface area contributed by atoms with Crippen molar-refractivity contribution in [1.82, 2.24) is 5.32 Å². The zero-order chi connectivity index (χ0) is 16.3. The van der Waals surface area contributed by atoms with Crippen LogP contribution in [0.15, 0.2) is 24.3 Å². The minimum Gasteiger partial charge on any atom is -0.387 e. The monoisotopic (exact) mass is 317 g/mol. The van der Waals surface area contributed by atoms with Crippen molar-refractivity contribution in [3.05, 3.63) is 35.4 Å². The van der Waals surface area contributed by atoms with E-state index in [-0.39, 0.29) is 24.1 Å². The van der Waals surface area contributed by atoms with Crippen LogP contribution >= 0.6 is 0 Å². The van der Waals surface area contributed by atoms with Gasteiger partial charge >= 0.3 is 6.18 Å². The quantitative estimate of drug-likeness (QED) is 0.897. The molecule has 0 spiro atoms. The molecule has 1 aromatic carbocycles. The van der Waals surface area contributed by atoms with E-state index in [4.69, 9.17) is 4.74 Å². The molecule has 1 aromatic rings. The van der Waals surface area contributed by atoms with Gasteiger partial charge in [-0.3, -0.25) is 4.79 Å². The van der Waals surface area contributed by atoms with Gasteiger partial charge in [-0.05, 0) is 37.5 Å². The highest BCUT2D eigenvalue weighted by Crippen LogP contribution is 2.30. The number of hydrogen-bond donors (Lipinski definition) is 2. The first-order chi connectivity index (χ1) is 10.3. The molecule has 1 aliphatic rings. The first-order valence-corrected chi connectivity index (χ1v) is 7.06. The van der Waals surface area contributed by atoms with E-state index in [0.29, 0.717) is 6.42 Å². The summed E-state index contributed by atoms with van der Waals surface area (Å²) in [7, 11) is 0. The first-order valence-electron chi connectivity index (χ1n) is 7.06. The van der Waals surface area contributed by atoms with Crippen molar-refractivity contribution in [2.75, 3.05) is 6.54 Å². The highest BCUT2D eigenvalue weighted by Gasteiger charge is 2.31. The summed E-state index contributed by atoms with van der Waals surface area (Å²) in [4.78, 5) is 11.8. The van der Waals surface area contributed by atoms with Gasteiger partial charge in [-0.2, -0.15) is 13.2 Å². The van der Waals surface area contributed by atoms with Gasteiger partial charge in [0.2, 0.25) is 5.91 Å². The third-order valence-electron chi connectivity index (χ3n) is 3.59. The number of alkyl halides is 3. The van der Waals surface area contributed by atoms with Crippen molar-refractivity contribution < 1.29 is 27.8 Å². The van der Waals surface area contributed by atoms with Crippen LogP contribution < -0.4 is 5.32 Å². The number of nitrogens with one attached hydrogen (secondary N) is 1. The van der Waals surface area contributed by atoms with Crippen molar-refractivity contribution in [2.45, 2.75) is 44.3 Å². The fourth-order valence-electron chi connectivity index (χ4n) is 2.35. The van der Waals surface area contributed by atoms with Crippen LogP contribution in [-0.4, -0.2) is 29.8 Å². The second kappa shape index (κ2) is 6.66. The summed E-state index contributed by atoms with van der Waals surface area (Å²) in [5.41, 5.74) is -0.723. The lowest BCUT2D eigenvalue weighted by Crippen LogP contribution is -2.37. The van der Waals surface area contributed by atoms with Crippen molar-refractivity contribution in [2.24, 2.45) is 0 Å². The number of carbonyl (C=O) groups is 1. The minimum absolute atomic E-state index is 0.0177. The number of benzene rings is 1. The summed E-state index contributed by atoms with van der Waals surface area (Å²) in [6.07, 6.45) is -4.81. The van der Waals surface area contributed by atoms with Gasteiger partial charge in [0, 0.05) is 6.54 Å². The molecule has 3 atom stereocenters. The van der Waals surface area contributed by atoms with Crippen molar-refractivity contribution >= 4 is 5.91 Å². The van der Waals surface area contributed by atoms with E-state index in [0.717, 1.165) is 18.6 Å². The predicted octanol–water partition coefficient (Wildman–Crippen LogP) is 2.42. The molecule has 0 bridgehead atoms. The zero-order valence-electron chi connectivity index (χ0n) is 12.1. The molecule has 7 heteroatoms. The number of hydrogen-bond acceptors (Lipinski definition) is 3. The zero-order valence-corrected chi connectivity index (χ0v) is 12.1. The second-order valence-electron chi connectivity index (χ2n) is 5.40. The Morgan fingerprint density at radius 2 is 2.18 bits per heavy atom. The third-order valence-corrected chi connectivity index (χ3v) is 3.59. The maximum absolute atomic E-state index is 12.6. The lowest BCUT2D eigenvalue weighted by atomic mass is 10.1. The molecule has 1 aliphatic heterocycles. The van der Waals surface area contributed by atoms with Crippen LogP contribution in [-0.2, 0) is 15.7 Å². The van der Waals surface area contributed by atoms with Gasteiger partial charge in [0.15, 0.2) is 0 Å². The lowest BCUT2D eigenvalue weighted by Gasteiger charge is -2.16. The van der Waals surface area contributed by atoms with Crippen LogP contribution in [0.25, 0.3) is 0 Å². The SMILES string of the molecule is CC1CCC(C(=O)NCC(O)c2cccc(C(F)(F)F)c2)O1. The van der Waals surface area contributed by atoms with Gasteiger partial charge in [-0.25, -0.2) is 0 Å². The van der Waals surface area contributed by atoms with Crippen LogP contribution in [0.4, 0.5) is 13.2 Å². The molecule has 22 heavy (non-hydrogen) atoms. The fraction of sp³-hybridized carbons (Fsp3) is 0.533. The summed E-state index contributed by atoms with van der Waals surface area (Å²) < 4.78 is 43.2. The standard InChI is InChI=1S/C15H18F3NO3/c1-9-5-6-13(22-9)14(21)19-8-12(20)10-3-2-4-11(7-10)15(16,17)18/h2-4,7,9,12-13,20H,5-6,8H2,1H3,(H,19,21). The van der Waals surface area contributed by atoms with Crippen LogP contribution in [0.5, 0.6) is 0 Å². The molecule has 3 unspecified atom stereocenters. The van der Waals surface area contributed by atoms with E-state index in [1.165, 1.54) is 12.1 Å². The lowest BCUT2D eigenvalue weighted by molar-refractivity contribution is -0.137. The van der Waals surface area contributed by atoms with Crippen molar-refractivity contribution in [3.63, 3.8) is 0 Å². The molecule has 2 rings (SSSR count). The highest BCUT2D eigenvalue weighted by atomic mass is 19.4. The Morgan fingerprint density at radius 3 is 2.77 bits per heavy atom. The molecule has 0 aromatic heterocycles. The molecule has 1 saturated heterocycles. The van der Waals surface area contributed by atoms with E-state index in [1.807, 2.05) is 6.92 Å². The number of aliphatic hydroxyl groups is 1. The third kappa shape index (κ3) is 4.20. The molecular weight excluding hydrogens is 299 g/mol. The Hall–Kier alpha value is -1.60. The van der Waals surface area contributed by atoms with Crippen LogP contribution in [0.1, 0.15) is 37.0 Å². The molecule has 4 nitrogen and oxygen atoms in total. The molecule has 1 heterocycles. The van der Waals surface area contributed by atoms with Crippen molar-refractivity contribution in [1.29, 1.82) is 0 Å². The molecule has 0 radical (unpaired) electrons. The maximum Gasteiger partial charge on any atom is 0.416 e. The van der Waals surface area contributed by atoms with E-state index < -0.39 is 23.9 Å². The summed E-state index contributed by atoms with van der Waals surface area (Å²) in [5, 5.41) is 12.4. The summed E-state index contributed by atoms with van der Waals surface area (Å²) >= 11 is 0. The largest absolute Gasteiger partial charge is 0.416 e. The Bertz CT molecular complexity index is 533. The van der Waals surface area contributed by atoms with Crippen molar-refractivity contribution in [3.8, 4) is 0 Å². The number of halogens is 3. The smallest absolute Gasteiger partial charge is 0.387 e. The molecule has 0 saturated carbocycles. The fourth-order valence-corrected chi connectivity index (χ4v) is 2.35. The van der Waals surface area contributed by atoms with Gasteiger partial charge in [-0.1, -0.05) is 12.1 Å². The van der Waals surface area contributed by atoms with Crippen LogP contribution in [0.2, 0.25) is 0 Å². The highest BCUT2D eigenvalue weighted by molar-refractivity contribution is 5.81. The molecule has 2 N–H and O–H groups in total. The molecule has 122 valence electrons. The topological polar surface area (TPSA) is 58.6 Å². The molecule has 1 amide bonds. The molecule has 0 aliphatic carbocycles. The average Bonchev–Trinajstić information content (AvgIpc) is 2.90. The average molecular weight is 317 g/mol. The van der Waals surface area contributed by atoms with Gasteiger partial charge in [0.05, 0.1) is 17.8 Å². The normalized spacial score (nSPS) is 23.3. The first kappa shape index (κ1) is 16.8. The van der Waals surface area contributed by atoms with E-state index in [9.17, 15) is 23.1 Å². The van der Waals surface area contributed by atoms with Gasteiger partial charge in [-0.15, -0.1) is 0 Å².